The normalized spacial score (nSPS) is 21.8. The Labute approximate surface area is 94.8 Å². The van der Waals surface area contributed by atoms with Gasteiger partial charge in [-0.1, -0.05) is 40.0 Å². The van der Waals surface area contributed by atoms with Crippen LogP contribution in [0.3, 0.4) is 0 Å². The average Bonchev–Trinajstić information content (AvgIpc) is 2.76. The fourth-order valence-corrected chi connectivity index (χ4v) is 2.27. The smallest absolute Gasteiger partial charge is 0.0625 e. The molecule has 90 valence electrons. The minimum atomic E-state index is 0.542. The second kappa shape index (κ2) is 7.24. The molecule has 0 aromatic carbocycles. The van der Waals surface area contributed by atoms with E-state index in [9.17, 15) is 0 Å². The van der Waals surface area contributed by atoms with Crippen molar-refractivity contribution in [3.63, 3.8) is 0 Å². The Morgan fingerprint density at radius 2 is 1.93 bits per heavy atom. The maximum atomic E-state index is 5.98. The summed E-state index contributed by atoms with van der Waals surface area (Å²) in [6.07, 6.45) is 7.06. The lowest BCUT2D eigenvalue weighted by Gasteiger charge is -2.25. The molecule has 2 heteroatoms. The number of ether oxygens (including phenoxy) is 1. The van der Waals surface area contributed by atoms with Gasteiger partial charge in [0.15, 0.2) is 0 Å². The van der Waals surface area contributed by atoms with E-state index in [0.29, 0.717) is 18.1 Å². The van der Waals surface area contributed by atoms with E-state index >= 15 is 0 Å². The molecule has 0 radical (unpaired) electrons. The van der Waals surface area contributed by atoms with Crippen LogP contribution in [0.4, 0.5) is 0 Å². The fraction of sp³-hybridized carbons (Fsp3) is 1.00. The second-order valence-electron chi connectivity index (χ2n) is 4.79. The highest BCUT2D eigenvalue weighted by Gasteiger charge is 2.19. The minimum absolute atomic E-state index is 0.542. The lowest BCUT2D eigenvalue weighted by Crippen LogP contribution is -2.39. The molecule has 0 bridgehead atoms. The van der Waals surface area contributed by atoms with E-state index in [1.54, 1.807) is 0 Å². The molecule has 0 saturated heterocycles. The van der Waals surface area contributed by atoms with Gasteiger partial charge in [-0.3, -0.25) is 0 Å². The summed E-state index contributed by atoms with van der Waals surface area (Å²) in [6, 6.07) is 0.542. The predicted molar refractivity (Wildman–Crippen MR) is 65.1 cm³/mol. The van der Waals surface area contributed by atoms with Crippen LogP contribution in [-0.4, -0.2) is 25.3 Å². The predicted octanol–water partition coefficient (Wildman–Crippen LogP) is 2.97. The molecule has 0 spiro atoms. The molecule has 1 saturated carbocycles. The molecule has 2 nitrogen and oxygen atoms in total. The van der Waals surface area contributed by atoms with E-state index in [1.165, 1.54) is 32.1 Å². The third-order valence-electron chi connectivity index (χ3n) is 3.61. The number of hydrogen-bond donors (Lipinski definition) is 1. The highest BCUT2D eigenvalue weighted by molar-refractivity contribution is 4.74. The van der Waals surface area contributed by atoms with E-state index in [4.69, 9.17) is 4.74 Å². The fourth-order valence-electron chi connectivity index (χ4n) is 2.27. The Morgan fingerprint density at radius 3 is 2.47 bits per heavy atom. The molecule has 1 rings (SSSR count). The second-order valence-corrected chi connectivity index (χ2v) is 4.79. The van der Waals surface area contributed by atoms with Crippen LogP contribution >= 0.6 is 0 Å². The monoisotopic (exact) mass is 213 g/mol. The van der Waals surface area contributed by atoms with E-state index in [0.717, 1.165) is 13.2 Å². The molecule has 0 heterocycles. The van der Waals surface area contributed by atoms with Crippen LogP contribution in [0.25, 0.3) is 0 Å². The largest absolute Gasteiger partial charge is 0.377 e. The van der Waals surface area contributed by atoms with Crippen molar-refractivity contribution in [1.29, 1.82) is 0 Å². The van der Waals surface area contributed by atoms with Crippen LogP contribution in [0.1, 0.15) is 52.9 Å². The Bertz CT molecular complexity index is 155. The number of nitrogens with one attached hydrogen (secondary N) is 1. The number of likely N-dealkylation sites (N-methyl/N-ethyl adjacent to an activating group) is 1. The van der Waals surface area contributed by atoms with Crippen molar-refractivity contribution in [3.8, 4) is 0 Å². The summed E-state index contributed by atoms with van der Waals surface area (Å²) in [4.78, 5) is 0. The number of hydrogen-bond acceptors (Lipinski definition) is 2. The third kappa shape index (κ3) is 4.52. The van der Waals surface area contributed by atoms with E-state index < -0.39 is 0 Å². The van der Waals surface area contributed by atoms with Crippen LogP contribution in [0.15, 0.2) is 0 Å². The molecular formula is C13H27NO. The highest BCUT2D eigenvalue weighted by atomic mass is 16.5. The van der Waals surface area contributed by atoms with Crippen molar-refractivity contribution < 1.29 is 4.74 Å². The Kier molecular flexibility index (Phi) is 6.26. The summed E-state index contributed by atoms with van der Waals surface area (Å²) in [5, 5.41) is 3.53. The van der Waals surface area contributed by atoms with Gasteiger partial charge < -0.3 is 10.1 Å². The first kappa shape index (κ1) is 13.0. The molecule has 1 aliphatic rings. The molecule has 0 aromatic heterocycles. The molecule has 0 aromatic rings. The average molecular weight is 213 g/mol. The van der Waals surface area contributed by atoms with E-state index in [2.05, 4.69) is 26.1 Å². The van der Waals surface area contributed by atoms with Gasteiger partial charge >= 0.3 is 0 Å². The van der Waals surface area contributed by atoms with Crippen molar-refractivity contribution in [2.24, 2.45) is 5.92 Å². The standard InChI is InChI=1S/C13H27NO/c1-4-11(3)13(14-5-2)10-15-12-8-6-7-9-12/h11-14H,4-10H2,1-3H3. The molecule has 1 aliphatic carbocycles. The van der Waals surface area contributed by atoms with Crippen LogP contribution in [0.5, 0.6) is 0 Å². The molecule has 0 aliphatic heterocycles. The first-order chi connectivity index (χ1) is 7.27. The molecule has 2 unspecified atom stereocenters. The van der Waals surface area contributed by atoms with Crippen molar-refractivity contribution >= 4 is 0 Å². The van der Waals surface area contributed by atoms with Crippen molar-refractivity contribution in [1.82, 2.24) is 5.32 Å². The van der Waals surface area contributed by atoms with Gasteiger partial charge in [-0.15, -0.1) is 0 Å². The maximum Gasteiger partial charge on any atom is 0.0625 e. The van der Waals surface area contributed by atoms with Crippen molar-refractivity contribution in [3.05, 3.63) is 0 Å². The SMILES string of the molecule is CCNC(COC1CCCC1)C(C)CC. The molecule has 1 fully saturated rings. The van der Waals surface area contributed by atoms with Crippen LogP contribution in [0.2, 0.25) is 0 Å². The first-order valence-corrected chi connectivity index (χ1v) is 6.62. The van der Waals surface area contributed by atoms with Crippen LogP contribution in [0, 0.1) is 5.92 Å². The quantitative estimate of drug-likeness (QED) is 0.702. The molecule has 0 amide bonds. The Hall–Kier alpha value is -0.0800. The molecule has 1 N–H and O–H groups in total. The van der Waals surface area contributed by atoms with Gasteiger partial charge in [0.1, 0.15) is 0 Å². The topological polar surface area (TPSA) is 21.3 Å². The summed E-state index contributed by atoms with van der Waals surface area (Å²) in [7, 11) is 0. The van der Waals surface area contributed by atoms with E-state index in [1.807, 2.05) is 0 Å². The summed E-state index contributed by atoms with van der Waals surface area (Å²) in [5.41, 5.74) is 0. The highest BCUT2D eigenvalue weighted by Crippen LogP contribution is 2.21. The van der Waals surface area contributed by atoms with Crippen LogP contribution in [-0.2, 0) is 4.74 Å². The first-order valence-electron chi connectivity index (χ1n) is 6.62. The van der Waals surface area contributed by atoms with Crippen molar-refractivity contribution in [2.75, 3.05) is 13.2 Å². The van der Waals surface area contributed by atoms with Crippen LogP contribution < -0.4 is 5.32 Å². The van der Waals surface area contributed by atoms with Gasteiger partial charge in [-0.2, -0.15) is 0 Å². The lowest BCUT2D eigenvalue weighted by molar-refractivity contribution is 0.0330. The van der Waals surface area contributed by atoms with Gasteiger partial charge in [0.05, 0.1) is 12.7 Å². The Balaban J connectivity index is 2.23. The summed E-state index contributed by atoms with van der Waals surface area (Å²) in [5.74, 6) is 0.714. The van der Waals surface area contributed by atoms with Gasteiger partial charge in [0.25, 0.3) is 0 Å². The van der Waals surface area contributed by atoms with Crippen molar-refractivity contribution in [2.45, 2.75) is 65.0 Å². The maximum absolute atomic E-state index is 5.98. The minimum Gasteiger partial charge on any atom is -0.377 e. The van der Waals surface area contributed by atoms with E-state index in [-0.39, 0.29) is 0 Å². The lowest BCUT2D eigenvalue weighted by atomic mass is 10.00. The zero-order chi connectivity index (χ0) is 11.1. The Morgan fingerprint density at radius 1 is 1.27 bits per heavy atom. The molecule has 2 atom stereocenters. The summed E-state index contributed by atoms with van der Waals surface area (Å²) < 4.78 is 5.98. The van der Waals surface area contributed by atoms with Gasteiger partial charge in [-0.25, -0.2) is 0 Å². The summed E-state index contributed by atoms with van der Waals surface area (Å²) >= 11 is 0. The van der Waals surface area contributed by atoms with Gasteiger partial charge in [0, 0.05) is 6.04 Å². The zero-order valence-corrected chi connectivity index (χ0v) is 10.6. The number of rotatable bonds is 7. The molecular weight excluding hydrogens is 186 g/mol. The molecule has 15 heavy (non-hydrogen) atoms. The zero-order valence-electron chi connectivity index (χ0n) is 10.6. The van der Waals surface area contributed by atoms with Gasteiger partial charge in [-0.05, 0) is 25.3 Å². The van der Waals surface area contributed by atoms with Gasteiger partial charge in [0.2, 0.25) is 0 Å². The third-order valence-corrected chi connectivity index (χ3v) is 3.61. The summed E-state index contributed by atoms with van der Waals surface area (Å²) in [6.45, 7) is 8.68.